The Morgan fingerprint density at radius 1 is 1.04 bits per heavy atom. The van der Waals surface area contributed by atoms with Crippen LogP contribution in [-0.2, 0) is 0 Å². The highest BCUT2D eigenvalue weighted by atomic mass is 15.2. The zero-order chi connectivity index (χ0) is 17.8. The summed E-state index contributed by atoms with van der Waals surface area (Å²) >= 11 is 0. The topological polar surface area (TPSA) is 29.3 Å². The molecule has 0 aliphatic heterocycles. The molecule has 3 rings (SSSR count). The summed E-state index contributed by atoms with van der Waals surface area (Å²) in [5.41, 5.74) is 12.3. The molecule has 1 aromatic rings. The maximum Gasteiger partial charge on any atom is 0.102 e. The van der Waals surface area contributed by atoms with Crippen LogP contribution in [0, 0.1) is 6.92 Å². The number of benzene rings is 1. The van der Waals surface area contributed by atoms with Crippen molar-refractivity contribution in [3.63, 3.8) is 0 Å². The van der Waals surface area contributed by atoms with Gasteiger partial charge in [-0.25, -0.2) is 0 Å². The van der Waals surface area contributed by atoms with Crippen molar-refractivity contribution in [2.45, 2.75) is 96.9 Å². The summed E-state index contributed by atoms with van der Waals surface area (Å²) in [7, 11) is 0. The maximum atomic E-state index is 6.69. The van der Waals surface area contributed by atoms with Crippen molar-refractivity contribution in [3.8, 4) is 0 Å². The molecule has 0 spiro atoms. The average molecular weight is 341 g/mol. The number of anilines is 1. The third kappa shape index (κ3) is 4.04. The highest BCUT2D eigenvalue weighted by Crippen LogP contribution is 2.38. The van der Waals surface area contributed by atoms with Crippen LogP contribution in [0.1, 0.15) is 95.1 Å². The number of nitrogens with zero attached hydrogens (tertiary/aromatic N) is 1. The molecule has 0 amide bonds. The van der Waals surface area contributed by atoms with E-state index in [1.54, 1.807) is 0 Å². The molecule has 138 valence electrons. The fourth-order valence-corrected chi connectivity index (χ4v) is 4.65. The van der Waals surface area contributed by atoms with E-state index in [0.29, 0.717) is 6.04 Å². The number of hydrogen-bond acceptors (Lipinski definition) is 2. The largest absolute Gasteiger partial charge is 0.385 e. The van der Waals surface area contributed by atoms with Gasteiger partial charge < -0.3 is 10.6 Å². The first kappa shape index (κ1) is 18.4. The second-order valence-electron chi connectivity index (χ2n) is 8.21. The number of nitrogens with two attached hydrogens (primary N) is 1. The monoisotopic (exact) mass is 340 g/mol. The van der Waals surface area contributed by atoms with Crippen molar-refractivity contribution in [1.82, 2.24) is 0 Å². The lowest BCUT2D eigenvalue weighted by Crippen LogP contribution is -2.37. The van der Waals surface area contributed by atoms with Gasteiger partial charge in [-0.2, -0.15) is 0 Å². The van der Waals surface area contributed by atoms with Crippen LogP contribution < -0.4 is 10.6 Å². The van der Waals surface area contributed by atoms with Gasteiger partial charge in [-0.3, -0.25) is 0 Å². The Morgan fingerprint density at radius 3 is 2.32 bits per heavy atom. The van der Waals surface area contributed by atoms with Gasteiger partial charge >= 0.3 is 0 Å². The molecule has 2 N–H and O–H groups in total. The number of rotatable bonds is 5. The molecule has 2 aliphatic carbocycles. The Balaban J connectivity index is 1.99. The van der Waals surface area contributed by atoms with E-state index >= 15 is 0 Å². The number of allylic oxidation sites excluding steroid dienone is 1. The van der Waals surface area contributed by atoms with E-state index in [0.717, 1.165) is 18.2 Å². The smallest absolute Gasteiger partial charge is 0.102 e. The molecule has 0 atom stereocenters. The molecule has 0 unspecified atom stereocenters. The number of hydrogen-bond donors (Lipinski definition) is 1. The van der Waals surface area contributed by atoms with Gasteiger partial charge in [0.1, 0.15) is 5.82 Å². The maximum absolute atomic E-state index is 6.69. The predicted molar refractivity (Wildman–Crippen MR) is 109 cm³/mol. The van der Waals surface area contributed by atoms with Gasteiger partial charge in [-0.05, 0) is 74.6 Å². The van der Waals surface area contributed by atoms with Crippen molar-refractivity contribution in [1.29, 1.82) is 0 Å². The van der Waals surface area contributed by atoms with E-state index in [9.17, 15) is 0 Å². The summed E-state index contributed by atoms with van der Waals surface area (Å²) < 4.78 is 0. The van der Waals surface area contributed by atoms with E-state index in [1.807, 2.05) is 0 Å². The van der Waals surface area contributed by atoms with Crippen molar-refractivity contribution in [2.75, 3.05) is 4.90 Å². The first-order valence-electron chi connectivity index (χ1n) is 10.5. The summed E-state index contributed by atoms with van der Waals surface area (Å²) in [5.74, 6) is 1.74. The zero-order valence-corrected chi connectivity index (χ0v) is 16.5. The van der Waals surface area contributed by atoms with E-state index in [1.165, 1.54) is 80.2 Å². The van der Waals surface area contributed by atoms with E-state index in [4.69, 9.17) is 5.73 Å². The SMILES string of the molecule is CCC(C)=C(N)N(c1cc(C2CCCCC2)ccc1C)C1CCCC1. The summed E-state index contributed by atoms with van der Waals surface area (Å²) in [6.07, 6.45) is 13.1. The molecule has 0 aromatic heterocycles. The van der Waals surface area contributed by atoms with Gasteiger partial charge in [0.2, 0.25) is 0 Å². The lowest BCUT2D eigenvalue weighted by Gasteiger charge is -2.35. The lowest BCUT2D eigenvalue weighted by atomic mass is 9.83. The first-order valence-corrected chi connectivity index (χ1v) is 10.5. The van der Waals surface area contributed by atoms with Gasteiger partial charge in [-0.15, -0.1) is 0 Å². The average Bonchev–Trinajstić information content (AvgIpc) is 3.17. The molecule has 2 heteroatoms. The van der Waals surface area contributed by atoms with E-state index < -0.39 is 0 Å². The minimum atomic E-state index is 0.571. The molecular weight excluding hydrogens is 304 g/mol. The Kier molecular flexibility index (Phi) is 6.09. The van der Waals surface area contributed by atoms with Crippen LogP contribution >= 0.6 is 0 Å². The van der Waals surface area contributed by atoms with Gasteiger partial charge in [0, 0.05) is 11.7 Å². The zero-order valence-electron chi connectivity index (χ0n) is 16.5. The summed E-state index contributed by atoms with van der Waals surface area (Å²) in [5, 5.41) is 0. The van der Waals surface area contributed by atoms with Crippen LogP contribution in [0.4, 0.5) is 5.69 Å². The molecule has 2 aliphatic rings. The van der Waals surface area contributed by atoms with Crippen LogP contribution in [0.3, 0.4) is 0 Å². The van der Waals surface area contributed by atoms with Crippen molar-refractivity contribution < 1.29 is 0 Å². The molecule has 1 aromatic carbocycles. The Morgan fingerprint density at radius 2 is 1.68 bits per heavy atom. The molecule has 2 fully saturated rings. The minimum absolute atomic E-state index is 0.571. The van der Waals surface area contributed by atoms with E-state index in [2.05, 4.69) is 43.9 Å². The van der Waals surface area contributed by atoms with Gasteiger partial charge in [-0.1, -0.05) is 51.2 Å². The molecule has 0 radical (unpaired) electrons. The standard InChI is InChI=1S/C23H36N2/c1-4-17(2)23(24)25(21-12-8-9-13-21)22-16-20(15-14-18(22)3)19-10-6-5-7-11-19/h14-16,19,21H,4-13,24H2,1-3H3. The number of aryl methyl sites for hydroxylation is 1. The van der Waals surface area contributed by atoms with Crippen LogP contribution in [0.2, 0.25) is 0 Å². The molecule has 0 saturated heterocycles. The molecule has 2 nitrogen and oxygen atoms in total. The summed E-state index contributed by atoms with van der Waals surface area (Å²) in [6, 6.07) is 7.74. The van der Waals surface area contributed by atoms with Crippen molar-refractivity contribution in [3.05, 3.63) is 40.7 Å². The van der Waals surface area contributed by atoms with Gasteiger partial charge in [0.05, 0.1) is 0 Å². The van der Waals surface area contributed by atoms with Gasteiger partial charge in [0.15, 0.2) is 0 Å². The van der Waals surface area contributed by atoms with Gasteiger partial charge in [0.25, 0.3) is 0 Å². The quantitative estimate of drug-likeness (QED) is 0.672. The fraction of sp³-hybridized carbons (Fsp3) is 0.652. The van der Waals surface area contributed by atoms with Crippen LogP contribution in [-0.4, -0.2) is 6.04 Å². The highest BCUT2D eigenvalue weighted by Gasteiger charge is 2.27. The third-order valence-corrected chi connectivity index (χ3v) is 6.49. The second-order valence-corrected chi connectivity index (χ2v) is 8.21. The first-order chi connectivity index (χ1) is 12.1. The Bertz CT molecular complexity index is 605. The molecule has 25 heavy (non-hydrogen) atoms. The lowest BCUT2D eigenvalue weighted by molar-refractivity contribution is 0.443. The Labute approximate surface area is 154 Å². The summed E-state index contributed by atoms with van der Waals surface area (Å²) in [4.78, 5) is 2.49. The normalized spacial score (nSPS) is 20.6. The van der Waals surface area contributed by atoms with Crippen molar-refractivity contribution >= 4 is 5.69 Å². The minimum Gasteiger partial charge on any atom is -0.385 e. The highest BCUT2D eigenvalue weighted by molar-refractivity contribution is 5.60. The van der Waals surface area contributed by atoms with Crippen LogP contribution in [0.5, 0.6) is 0 Å². The second kappa shape index (κ2) is 8.29. The molecule has 0 heterocycles. The van der Waals surface area contributed by atoms with Crippen LogP contribution in [0.15, 0.2) is 29.6 Å². The predicted octanol–water partition coefficient (Wildman–Crippen LogP) is 6.39. The van der Waals surface area contributed by atoms with Crippen LogP contribution in [0.25, 0.3) is 0 Å². The Hall–Kier alpha value is -1.44. The summed E-state index contributed by atoms with van der Waals surface area (Å²) in [6.45, 7) is 6.65. The molecule has 0 bridgehead atoms. The third-order valence-electron chi connectivity index (χ3n) is 6.49. The molecule has 2 saturated carbocycles. The molecular formula is C23H36N2. The fourth-order valence-electron chi connectivity index (χ4n) is 4.65. The van der Waals surface area contributed by atoms with E-state index in [-0.39, 0.29) is 0 Å². The van der Waals surface area contributed by atoms with Crippen molar-refractivity contribution in [2.24, 2.45) is 5.73 Å².